The number of aromatic nitrogens is 2. The lowest BCUT2D eigenvalue weighted by Crippen LogP contribution is -2.30. The van der Waals surface area contributed by atoms with Crippen LogP contribution >= 0.6 is 23.4 Å². The normalized spacial score (nSPS) is 13.1. The van der Waals surface area contributed by atoms with Gasteiger partial charge in [-0.2, -0.15) is 0 Å². The monoisotopic (exact) mass is 447 g/mol. The zero-order chi connectivity index (χ0) is 20.9. The number of ether oxygens (including phenoxy) is 3. The van der Waals surface area contributed by atoms with Gasteiger partial charge >= 0.3 is 0 Å². The van der Waals surface area contributed by atoms with E-state index in [0.717, 1.165) is 5.56 Å². The number of rotatable bonds is 8. The fraction of sp³-hybridized carbons (Fsp3) is 0.250. The third-order valence-corrected chi connectivity index (χ3v) is 5.36. The van der Waals surface area contributed by atoms with Crippen LogP contribution in [0, 0.1) is 0 Å². The summed E-state index contributed by atoms with van der Waals surface area (Å²) in [5.41, 5.74) is 0.921. The van der Waals surface area contributed by atoms with Crippen LogP contribution in [0.1, 0.15) is 18.4 Å². The highest BCUT2D eigenvalue weighted by Crippen LogP contribution is 2.32. The van der Waals surface area contributed by atoms with Crippen LogP contribution in [-0.2, 0) is 17.9 Å². The van der Waals surface area contributed by atoms with Gasteiger partial charge in [-0.1, -0.05) is 29.4 Å². The molecule has 0 bridgehead atoms. The summed E-state index contributed by atoms with van der Waals surface area (Å²) < 4.78 is 21.7. The van der Waals surface area contributed by atoms with Crippen LogP contribution in [0.4, 0.5) is 0 Å². The summed E-state index contributed by atoms with van der Waals surface area (Å²) in [4.78, 5) is 12.4. The fourth-order valence-corrected chi connectivity index (χ4v) is 3.46. The number of nitrogens with zero attached hydrogens (tertiary/aromatic N) is 2. The molecule has 0 radical (unpaired) electrons. The standard InChI is InChI=1S/C20H18ClN3O5S/c1-12(19(25)22-9-13-2-7-16-17(8-13)28-11-27-16)30-20-24-23-18(29-20)10-26-15-5-3-14(21)4-6-15/h2-8,12H,9-11H2,1H3,(H,22,25). The lowest BCUT2D eigenvalue weighted by atomic mass is 10.2. The average Bonchev–Trinajstić information content (AvgIpc) is 3.40. The first kappa shape index (κ1) is 20.4. The Morgan fingerprint density at radius 1 is 1.20 bits per heavy atom. The van der Waals surface area contributed by atoms with Gasteiger partial charge in [0.25, 0.3) is 11.1 Å². The Bertz CT molecular complexity index is 1030. The van der Waals surface area contributed by atoms with Crippen molar-refractivity contribution < 1.29 is 23.4 Å². The number of hydrogen-bond acceptors (Lipinski definition) is 8. The Balaban J connectivity index is 1.24. The molecule has 8 nitrogen and oxygen atoms in total. The quantitative estimate of drug-likeness (QED) is 0.520. The van der Waals surface area contributed by atoms with Crippen LogP contribution in [-0.4, -0.2) is 28.1 Å². The predicted octanol–water partition coefficient (Wildman–Crippen LogP) is 3.83. The van der Waals surface area contributed by atoms with Gasteiger partial charge in [-0.05, 0) is 48.9 Å². The van der Waals surface area contributed by atoms with Crippen LogP contribution in [0.15, 0.2) is 52.1 Å². The zero-order valence-electron chi connectivity index (χ0n) is 16.0. The van der Waals surface area contributed by atoms with Gasteiger partial charge in [0.1, 0.15) is 5.75 Å². The van der Waals surface area contributed by atoms with Crippen LogP contribution in [0.25, 0.3) is 0 Å². The molecule has 1 aliphatic heterocycles. The largest absolute Gasteiger partial charge is 0.484 e. The Hall–Kier alpha value is -2.91. The molecule has 1 atom stereocenters. The minimum absolute atomic E-state index is 0.125. The maximum atomic E-state index is 12.4. The van der Waals surface area contributed by atoms with Crippen molar-refractivity contribution >= 4 is 29.3 Å². The molecule has 2 heterocycles. The Morgan fingerprint density at radius 3 is 2.83 bits per heavy atom. The molecule has 156 valence electrons. The molecule has 10 heteroatoms. The summed E-state index contributed by atoms with van der Waals surface area (Å²) in [7, 11) is 0. The maximum absolute atomic E-state index is 12.4. The maximum Gasteiger partial charge on any atom is 0.277 e. The average molecular weight is 448 g/mol. The second-order valence-electron chi connectivity index (χ2n) is 6.37. The summed E-state index contributed by atoms with van der Waals surface area (Å²) in [5, 5.41) is 11.3. The van der Waals surface area contributed by atoms with Crippen molar-refractivity contribution in [1.29, 1.82) is 0 Å². The smallest absolute Gasteiger partial charge is 0.277 e. The molecule has 2 aromatic carbocycles. The first-order valence-corrected chi connectivity index (χ1v) is 10.4. The van der Waals surface area contributed by atoms with Crippen molar-refractivity contribution in [1.82, 2.24) is 15.5 Å². The van der Waals surface area contributed by atoms with E-state index in [1.807, 2.05) is 18.2 Å². The third kappa shape index (κ3) is 5.17. The van der Waals surface area contributed by atoms with E-state index in [4.69, 9.17) is 30.2 Å². The number of carbonyl (C=O) groups is 1. The number of amides is 1. The number of thioether (sulfide) groups is 1. The summed E-state index contributed by atoms with van der Waals surface area (Å²) >= 11 is 7.02. The molecule has 4 rings (SSSR count). The molecule has 0 saturated carbocycles. The minimum Gasteiger partial charge on any atom is -0.484 e. The molecule has 1 unspecified atom stereocenters. The van der Waals surface area contributed by atoms with Crippen molar-refractivity contribution in [2.24, 2.45) is 0 Å². The number of hydrogen-bond donors (Lipinski definition) is 1. The first-order valence-electron chi connectivity index (χ1n) is 9.10. The molecule has 1 amide bonds. The molecule has 3 aromatic rings. The summed E-state index contributed by atoms with van der Waals surface area (Å²) in [5.74, 6) is 2.21. The fourth-order valence-electron chi connectivity index (χ4n) is 2.61. The zero-order valence-corrected chi connectivity index (χ0v) is 17.5. The number of benzene rings is 2. The van der Waals surface area contributed by atoms with Gasteiger partial charge < -0.3 is 23.9 Å². The molecule has 30 heavy (non-hydrogen) atoms. The van der Waals surface area contributed by atoms with Crippen LogP contribution in [0.3, 0.4) is 0 Å². The van der Waals surface area contributed by atoms with Crippen molar-refractivity contribution in [2.45, 2.75) is 30.5 Å². The van der Waals surface area contributed by atoms with Gasteiger partial charge in [0.15, 0.2) is 18.1 Å². The second-order valence-corrected chi connectivity index (χ2v) is 8.10. The topological polar surface area (TPSA) is 95.7 Å². The minimum atomic E-state index is -0.413. The van der Waals surface area contributed by atoms with Crippen LogP contribution in [0.2, 0.25) is 5.02 Å². The number of halogens is 1. The van der Waals surface area contributed by atoms with Gasteiger partial charge in [-0.25, -0.2) is 0 Å². The molecule has 0 saturated heterocycles. The summed E-state index contributed by atoms with van der Waals surface area (Å²) in [6.07, 6.45) is 0. The molecule has 0 aliphatic carbocycles. The van der Waals surface area contributed by atoms with Gasteiger partial charge in [0.2, 0.25) is 12.7 Å². The van der Waals surface area contributed by atoms with E-state index in [-0.39, 0.29) is 19.3 Å². The lowest BCUT2D eigenvalue weighted by Gasteiger charge is -2.10. The van der Waals surface area contributed by atoms with Crippen LogP contribution in [0.5, 0.6) is 17.2 Å². The molecule has 1 aliphatic rings. The van der Waals surface area contributed by atoms with E-state index in [0.29, 0.717) is 39.9 Å². The predicted molar refractivity (Wildman–Crippen MR) is 110 cm³/mol. The molecule has 1 aromatic heterocycles. The van der Waals surface area contributed by atoms with Gasteiger partial charge in [0, 0.05) is 11.6 Å². The highest BCUT2D eigenvalue weighted by Gasteiger charge is 2.19. The molecule has 1 N–H and O–H groups in total. The van der Waals surface area contributed by atoms with Crippen molar-refractivity contribution in [3.63, 3.8) is 0 Å². The Morgan fingerprint density at radius 2 is 2.00 bits per heavy atom. The van der Waals surface area contributed by atoms with Crippen LogP contribution < -0.4 is 19.5 Å². The Labute approximate surface area is 181 Å². The SMILES string of the molecule is CC(Sc1nnc(COc2ccc(Cl)cc2)o1)C(=O)NCc1ccc2c(c1)OCO2. The van der Waals surface area contributed by atoms with Crippen molar-refractivity contribution in [2.75, 3.05) is 6.79 Å². The highest BCUT2D eigenvalue weighted by atomic mass is 35.5. The van der Waals surface area contributed by atoms with Crippen molar-refractivity contribution in [3.05, 3.63) is 58.9 Å². The van der Waals surface area contributed by atoms with Crippen molar-refractivity contribution in [3.8, 4) is 17.2 Å². The number of carbonyl (C=O) groups excluding carboxylic acids is 1. The number of nitrogens with one attached hydrogen (secondary N) is 1. The molecular weight excluding hydrogens is 430 g/mol. The molecule has 0 fully saturated rings. The molecular formula is C20H18ClN3O5S. The van der Waals surface area contributed by atoms with Gasteiger partial charge in [0.05, 0.1) is 5.25 Å². The highest BCUT2D eigenvalue weighted by molar-refractivity contribution is 8.00. The van der Waals surface area contributed by atoms with Gasteiger partial charge in [-0.3, -0.25) is 4.79 Å². The van der Waals surface area contributed by atoms with E-state index in [1.54, 1.807) is 31.2 Å². The first-order chi connectivity index (χ1) is 14.6. The van der Waals surface area contributed by atoms with E-state index in [1.165, 1.54) is 11.8 Å². The van der Waals surface area contributed by atoms with E-state index < -0.39 is 5.25 Å². The van der Waals surface area contributed by atoms with E-state index in [9.17, 15) is 4.79 Å². The second kappa shape index (κ2) is 9.27. The lowest BCUT2D eigenvalue weighted by molar-refractivity contribution is -0.120. The molecule has 0 spiro atoms. The van der Waals surface area contributed by atoms with E-state index >= 15 is 0 Å². The summed E-state index contributed by atoms with van der Waals surface area (Å²) in [6, 6.07) is 12.5. The Kier molecular flexibility index (Phi) is 6.29. The summed E-state index contributed by atoms with van der Waals surface area (Å²) in [6.45, 7) is 2.49. The number of fused-ring (bicyclic) bond motifs is 1. The van der Waals surface area contributed by atoms with E-state index in [2.05, 4.69) is 15.5 Å². The van der Waals surface area contributed by atoms with Gasteiger partial charge in [-0.15, -0.1) is 10.2 Å². The third-order valence-electron chi connectivity index (χ3n) is 4.17.